The highest BCUT2D eigenvalue weighted by Crippen LogP contribution is 2.32. The number of carbonyl (C=O) groups is 2. The van der Waals surface area contributed by atoms with Crippen LogP contribution in [0.3, 0.4) is 0 Å². The topological polar surface area (TPSA) is 85.0 Å². The van der Waals surface area contributed by atoms with E-state index in [0.29, 0.717) is 37.2 Å². The van der Waals surface area contributed by atoms with Gasteiger partial charge >= 0.3 is 11.8 Å². The van der Waals surface area contributed by atoms with Crippen LogP contribution < -0.4 is 5.76 Å². The molecule has 1 aromatic carbocycles. The quantitative estimate of drug-likeness (QED) is 0.826. The van der Waals surface area contributed by atoms with E-state index < -0.39 is 11.4 Å². The van der Waals surface area contributed by atoms with Gasteiger partial charge in [0, 0.05) is 33.0 Å². The zero-order valence-corrected chi connectivity index (χ0v) is 14.9. The average molecular weight is 359 g/mol. The van der Waals surface area contributed by atoms with Crippen molar-refractivity contribution in [3.8, 4) is 0 Å². The molecule has 138 valence electrons. The number of carbonyl (C=O) groups excluding carboxylic acids is 2. The average Bonchev–Trinajstić information content (AvgIpc) is 3.22. The van der Waals surface area contributed by atoms with Gasteiger partial charge < -0.3 is 19.0 Å². The van der Waals surface area contributed by atoms with Crippen molar-refractivity contribution in [3.63, 3.8) is 0 Å². The summed E-state index contributed by atoms with van der Waals surface area (Å²) in [6, 6.07) is 5.52. The molecule has 8 nitrogen and oxygen atoms in total. The fraction of sp³-hybridized carbons (Fsp3) is 0.500. The Morgan fingerprint density at radius 3 is 2.81 bits per heavy atom. The lowest BCUT2D eigenvalue weighted by Gasteiger charge is -2.21. The third-order valence-corrected chi connectivity index (χ3v) is 5.18. The van der Waals surface area contributed by atoms with E-state index in [-0.39, 0.29) is 25.0 Å². The SMILES string of the molecule is Cc1ccc2oc(=O)n(CCC(=O)N3CC[C@@]4(CN(C)C(=O)O4)C3)c2c1. The minimum Gasteiger partial charge on any atom is -0.439 e. The van der Waals surface area contributed by atoms with Crippen LogP contribution in [-0.2, 0) is 16.1 Å². The van der Waals surface area contributed by atoms with E-state index in [1.54, 1.807) is 18.0 Å². The van der Waals surface area contributed by atoms with E-state index in [2.05, 4.69) is 0 Å². The number of oxazole rings is 1. The van der Waals surface area contributed by atoms with Crippen LogP contribution >= 0.6 is 0 Å². The van der Waals surface area contributed by atoms with E-state index in [4.69, 9.17) is 9.15 Å². The second-order valence-electron chi connectivity index (χ2n) is 7.21. The maximum absolute atomic E-state index is 12.6. The lowest BCUT2D eigenvalue weighted by atomic mass is 10.0. The molecule has 0 saturated carbocycles. The van der Waals surface area contributed by atoms with Gasteiger partial charge in [0.25, 0.3) is 0 Å². The van der Waals surface area contributed by atoms with Crippen LogP contribution in [0.1, 0.15) is 18.4 Å². The van der Waals surface area contributed by atoms with Crippen molar-refractivity contribution < 1.29 is 18.7 Å². The maximum Gasteiger partial charge on any atom is 0.419 e. The molecule has 26 heavy (non-hydrogen) atoms. The van der Waals surface area contributed by atoms with Crippen molar-refractivity contribution in [1.29, 1.82) is 0 Å². The lowest BCUT2D eigenvalue weighted by molar-refractivity contribution is -0.131. The molecular weight excluding hydrogens is 338 g/mol. The van der Waals surface area contributed by atoms with Gasteiger partial charge in [-0.15, -0.1) is 0 Å². The number of hydrogen-bond acceptors (Lipinski definition) is 5. The Hall–Kier alpha value is -2.77. The summed E-state index contributed by atoms with van der Waals surface area (Å²) in [6.07, 6.45) is 0.497. The summed E-state index contributed by atoms with van der Waals surface area (Å²) >= 11 is 0. The molecule has 2 fully saturated rings. The van der Waals surface area contributed by atoms with Gasteiger partial charge in [-0.2, -0.15) is 0 Å². The summed E-state index contributed by atoms with van der Waals surface area (Å²) < 4.78 is 12.2. The molecule has 4 rings (SSSR count). The zero-order chi connectivity index (χ0) is 18.5. The molecule has 0 N–H and O–H groups in total. The molecular formula is C18H21N3O5. The van der Waals surface area contributed by atoms with Crippen LogP contribution in [0.15, 0.2) is 27.4 Å². The minimum atomic E-state index is -0.586. The summed E-state index contributed by atoms with van der Waals surface area (Å²) in [7, 11) is 1.69. The Bertz CT molecular complexity index is 946. The van der Waals surface area contributed by atoms with Gasteiger partial charge in [0.15, 0.2) is 11.2 Å². The highest BCUT2D eigenvalue weighted by atomic mass is 16.6. The molecule has 2 aliphatic heterocycles. The maximum atomic E-state index is 12.6. The Morgan fingerprint density at radius 1 is 1.27 bits per heavy atom. The van der Waals surface area contributed by atoms with E-state index in [1.165, 1.54) is 9.47 Å². The molecule has 2 saturated heterocycles. The normalized spacial score (nSPS) is 22.6. The van der Waals surface area contributed by atoms with Crippen LogP contribution in [-0.4, -0.2) is 58.7 Å². The number of aromatic nitrogens is 1. The molecule has 0 radical (unpaired) electrons. The number of rotatable bonds is 3. The van der Waals surface area contributed by atoms with E-state index in [9.17, 15) is 14.4 Å². The van der Waals surface area contributed by atoms with Gasteiger partial charge in [-0.1, -0.05) is 6.07 Å². The number of aryl methyl sites for hydroxylation is 2. The summed E-state index contributed by atoms with van der Waals surface area (Å²) in [5, 5.41) is 0. The standard InChI is InChI=1S/C18H21N3O5/c1-12-3-4-14-13(9-12)21(17(24)25-14)7-5-15(22)20-8-6-18(11-20)10-19(2)16(23)26-18/h3-4,9H,5-8,10-11H2,1-2H3/t18-/m1/s1. The number of hydrogen-bond donors (Lipinski definition) is 0. The van der Waals surface area contributed by atoms with Crippen LogP contribution in [0.2, 0.25) is 0 Å². The second-order valence-corrected chi connectivity index (χ2v) is 7.21. The Kier molecular flexibility index (Phi) is 3.78. The third kappa shape index (κ3) is 2.75. The summed E-state index contributed by atoms with van der Waals surface area (Å²) in [6.45, 7) is 3.66. The fourth-order valence-electron chi connectivity index (χ4n) is 3.81. The largest absolute Gasteiger partial charge is 0.439 e. The van der Waals surface area contributed by atoms with Gasteiger partial charge in [0.05, 0.1) is 18.6 Å². The number of nitrogens with zero attached hydrogens (tertiary/aromatic N) is 3. The third-order valence-electron chi connectivity index (χ3n) is 5.18. The molecule has 0 bridgehead atoms. The molecule has 1 atom stereocenters. The van der Waals surface area contributed by atoms with Crippen molar-refractivity contribution in [2.75, 3.05) is 26.7 Å². The molecule has 2 aliphatic rings. The highest BCUT2D eigenvalue weighted by Gasteiger charge is 2.49. The van der Waals surface area contributed by atoms with Gasteiger partial charge in [-0.25, -0.2) is 9.59 Å². The first-order chi connectivity index (χ1) is 12.4. The number of benzene rings is 1. The van der Waals surface area contributed by atoms with Crippen molar-refractivity contribution in [2.24, 2.45) is 0 Å². The monoisotopic (exact) mass is 359 g/mol. The molecule has 8 heteroatoms. The van der Waals surface area contributed by atoms with Gasteiger partial charge in [-0.3, -0.25) is 9.36 Å². The predicted molar refractivity (Wildman–Crippen MR) is 92.9 cm³/mol. The Balaban J connectivity index is 1.44. The van der Waals surface area contributed by atoms with Crippen LogP contribution in [0.4, 0.5) is 4.79 Å². The second kappa shape index (κ2) is 5.89. The van der Waals surface area contributed by atoms with Crippen molar-refractivity contribution in [1.82, 2.24) is 14.4 Å². The first-order valence-electron chi connectivity index (χ1n) is 8.69. The number of fused-ring (bicyclic) bond motifs is 1. The zero-order valence-electron chi connectivity index (χ0n) is 14.9. The van der Waals surface area contributed by atoms with Gasteiger partial charge in [0.1, 0.15) is 0 Å². The molecule has 0 unspecified atom stereocenters. The van der Waals surface area contributed by atoms with Crippen LogP contribution in [0, 0.1) is 6.92 Å². The summed E-state index contributed by atoms with van der Waals surface area (Å²) in [4.78, 5) is 39.5. The molecule has 2 aromatic rings. The fourth-order valence-corrected chi connectivity index (χ4v) is 3.81. The van der Waals surface area contributed by atoms with E-state index in [0.717, 1.165) is 5.56 Å². The summed E-state index contributed by atoms with van der Waals surface area (Å²) in [5.74, 6) is -0.510. The molecule has 1 aromatic heterocycles. The van der Waals surface area contributed by atoms with Gasteiger partial charge in [-0.05, 0) is 24.6 Å². The van der Waals surface area contributed by atoms with Crippen molar-refractivity contribution in [2.45, 2.75) is 31.9 Å². The Labute approximate surface area is 149 Å². The lowest BCUT2D eigenvalue weighted by Crippen LogP contribution is -2.39. The number of likely N-dealkylation sites (N-methyl/N-ethyl adjacent to an activating group) is 1. The first kappa shape index (κ1) is 16.7. The summed E-state index contributed by atoms with van der Waals surface area (Å²) in [5.41, 5.74) is 1.66. The highest BCUT2D eigenvalue weighted by molar-refractivity contribution is 5.78. The molecule has 0 aliphatic carbocycles. The van der Waals surface area contributed by atoms with Crippen LogP contribution in [0.5, 0.6) is 0 Å². The minimum absolute atomic E-state index is 0.0543. The van der Waals surface area contributed by atoms with Crippen molar-refractivity contribution >= 4 is 23.1 Å². The number of ether oxygens (including phenoxy) is 1. The van der Waals surface area contributed by atoms with Crippen LogP contribution in [0.25, 0.3) is 11.1 Å². The molecule has 3 heterocycles. The van der Waals surface area contributed by atoms with Crippen molar-refractivity contribution in [3.05, 3.63) is 34.3 Å². The first-order valence-corrected chi connectivity index (χ1v) is 8.69. The van der Waals surface area contributed by atoms with Gasteiger partial charge in [0.2, 0.25) is 5.91 Å². The molecule has 2 amide bonds. The predicted octanol–water partition coefficient (Wildman–Crippen LogP) is 1.35. The molecule has 1 spiro atoms. The Morgan fingerprint density at radius 2 is 2.08 bits per heavy atom. The van der Waals surface area contributed by atoms with E-state index >= 15 is 0 Å². The van der Waals surface area contributed by atoms with E-state index in [1.807, 2.05) is 19.1 Å². The number of amides is 2. The smallest absolute Gasteiger partial charge is 0.419 e. The number of likely N-dealkylation sites (tertiary alicyclic amines) is 1.